The van der Waals surface area contributed by atoms with Crippen molar-refractivity contribution in [3.63, 3.8) is 0 Å². The summed E-state index contributed by atoms with van der Waals surface area (Å²) < 4.78 is 5.12. The number of amides is 2. The van der Waals surface area contributed by atoms with Crippen molar-refractivity contribution < 1.29 is 24.2 Å². The number of benzene rings is 1. The summed E-state index contributed by atoms with van der Waals surface area (Å²) in [7, 11) is 0. The molecule has 3 rings (SSSR count). The van der Waals surface area contributed by atoms with E-state index >= 15 is 0 Å². The summed E-state index contributed by atoms with van der Waals surface area (Å²) in [6, 6.07) is 5.14. The van der Waals surface area contributed by atoms with Gasteiger partial charge in [-0.25, -0.2) is 4.79 Å². The summed E-state index contributed by atoms with van der Waals surface area (Å²) in [5, 5.41) is 11.6. The van der Waals surface area contributed by atoms with Crippen LogP contribution in [0.1, 0.15) is 17.3 Å². The highest BCUT2D eigenvalue weighted by molar-refractivity contribution is 8.00. The maximum Gasteiger partial charge on any atom is 0.334 e. The van der Waals surface area contributed by atoms with E-state index in [1.807, 2.05) is 6.92 Å². The van der Waals surface area contributed by atoms with Crippen molar-refractivity contribution in [2.24, 2.45) is 0 Å². The molecule has 2 heterocycles. The molecule has 0 bridgehead atoms. The monoisotopic (exact) mass is 336 g/mol. The molecule has 1 fully saturated rings. The Balaban J connectivity index is 1.79. The van der Waals surface area contributed by atoms with Crippen molar-refractivity contribution >= 4 is 35.2 Å². The van der Waals surface area contributed by atoms with Crippen molar-refractivity contribution in [3.05, 3.63) is 23.8 Å². The molecular formula is C15H16N2O5S. The van der Waals surface area contributed by atoms with Crippen LogP contribution in [-0.4, -0.2) is 58.8 Å². The Labute approximate surface area is 137 Å². The fourth-order valence-electron chi connectivity index (χ4n) is 2.51. The maximum absolute atomic E-state index is 12.6. The van der Waals surface area contributed by atoms with Crippen molar-refractivity contribution in [2.75, 3.05) is 25.0 Å². The van der Waals surface area contributed by atoms with Gasteiger partial charge in [0.1, 0.15) is 0 Å². The number of ether oxygens (including phenoxy) is 1. The topological polar surface area (TPSA) is 95.9 Å². The summed E-state index contributed by atoms with van der Waals surface area (Å²) in [5.74, 6) is -1.43. The number of hydrogen-bond donors (Lipinski definition) is 2. The number of aliphatic carboxylic acids is 1. The summed E-state index contributed by atoms with van der Waals surface area (Å²) in [4.78, 5) is 37.7. The second-order valence-corrected chi connectivity index (χ2v) is 6.79. The first-order valence-electron chi connectivity index (χ1n) is 7.21. The van der Waals surface area contributed by atoms with Gasteiger partial charge in [0.25, 0.3) is 5.91 Å². The lowest BCUT2D eigenvalue weighted by atomic mass is 10.1. The largest absolute Gasteiger partial charge is 0.479 e. The number of anilines is 1. The quantitative estimate of drug-likeness (QED) is 0.838. The molecule has 0 spiro atoms. The number of carboxylic acids is 1. The second kappa shape index (κ2) is 6.21. The van der Waals surface area contributed by atoms with Gasteiger partial charge in [-0.05, 0) is 25.1 Å². The number of morpholine rings is 1. The number of carbonyl (C=O) groups excluding carboxylic acids is 2. The lowest BCUT2D eigenvalue weighted by Crippen LogP contribution is -2.48. The number of carbonyl (C=O) groups is 3. The average molecular weight is 336 g/mol. The van der Waals surface area contributed by atoms with E-state index in [1.165, 1.54) is 16.7 Å². The number of carboxylic acid groups (broad SMARTS) is 1. The molecule has 0 saturated carbocycles. The highest BCUT2D eigenvalue weighted by Crippen LogP contribution is 2.36. The molecule has 23 heavy (non-hydrogen) atoms. The number of hydrogen-bond acceptors (Lipinski definition) is 5. The van der Waals surface area contributed by atoms with Crippen molar-refractivity contribution in [2.45, 2.75) is 23.2 Å². The van der Waals surface area contributed by atoms with Gasteiger partial charge >= 0.3 is 5.97 Å². The van der Waals surface area contributed by atoms with Crippen LogP contribution in [0.4, 0.5) is 5.69 Å². The normalized spacial score (nSPS) is 23.9. The fourth-order valence-corrected chi connectivity index (χ4v) is 3.44. The zero-order chi connectivity index (χ0) is 16.6. The van der Waals surface area contributed by atoms with Crippen LogP contribution in [0.3, 0.4) is 0 Å². The molecular weight excluding hydrogens is 320 g/mol. The highest BCUT2D eigenvalue weighted by Gasteiger charge is 2.30. The summed E-state index contributed by atoms with van der Waals surface area (Å²) in [6.07, 6.45) is -0.999. The Kier molecular flexibility index (Phi) is 4.27. The number of rotatable bonds is 2. The average Bonchev–Trinajstić information content (AvgIpc) is 2.55. The molecule has 1 aromatic rings. The minimum atomic E-state index is -1.08. The van der Waals surface area contributed by atoms with Crippen molar-refractivity contribution in [3.8, 4) is 0 Å². The molecule has 2 N–H and O–H groups in total. The molecule has 2 atom stereocenters. The summed E-state index contributed by atoms with van der Waals surface area (Å²) >= 11 is 1.45. The van der Waals surface area contributed by atoms with Crippen LogP contribution in [-0.2, 0) is 14.3 Å². The van der Waals surface area contributed by atoms with E-state index in [0.717, 1.165) is 4.90 Å². The van der Waals surface area contributed by atoms with Crippen molar-refractivity contribution in [1.29, 1.82) is 0 Å². The zero-order valence-corrected chi connectivity index (χ0v) is 13.3. The first-order chi connectivity index (χ1) is 11.0. The lowest BCUT2D eigenvalue weighted by Gasteiger charge is -2.31. The molecule has 2 aliphatic rings. The molecule has 122 valence electrons. The Bertz CT molecular complexity index is 678. The van der Waals surface area contributed by atoms with Crippen molar-refractivity contribution in [1.82, 2.24) is 4.90 Å². The van der Waals surface area contributed by atoms with Gasteiger partial charge in [-0.15, -0.1) is 11.8 Å². The molecule has 2 unspecified atom stereocenters. The Morgan fingerprint density at radius 1 is 1.43 bits per heavy atom. The maximum atomic E-state index is 12.6. The van der Waals surface area contributed by atoms with E-state index in [4.69, 9.17) is 9.84 Å². The molecule has 1 saturated heterocycles. The Morgan fingerprint density at radius 2 is 2.22 bits per heavy atom. The number of fused-ring (bicyclic) bond motifs is 1. The summed E-state index contributed by atoms with van der Waals surface area (Å²) in [6.45, 7) is 2.38. The first kappa shape index (κ1) is 15.8. The van der Waals surface area contributed by atoms with Gasteiger partial charge in [-0.1, -0.05) is 0 Å². The minimum absolute atomic E-state index is 0.0173. The van der Waals surface area contributed by atoms with Gasteiger partial charge in [-0.2, -0.15) is 0 Å². The van der Waals surface area contributed by atoms with Gasteiger partial charge in [-0.3, -0.25) is 9.59 Å². The van der Waals surface area contributed by atoms with E-state index in [0.29, 0.717) is 17.8 Å². The minimum Gasteiger partial charge on any atom is -0.479 e. The molecule has 2 aliphatic heterocycles. The molecule has 0 radical (unpaired) electrons. The lowest BCUT2D eigenvalue weighted by molar-refractivity contribution is -0.154. The predicted molar refractivity (Wildman–Crippen MR) is 83.7 cm³/mol. The predicted octanol–water partition coefficient (Wildman–Crippen LogP) is 1.04. The summed E-state index contributed by atoms with van der Waals surface area (Å²) in [5.41, 5.74) is 1.04. The van der Waals surface area contributed by atoms with Gasteiger partial charge in [0, 0.05) is 17.0 Å². The number of nitrogens with zero attached hydrogens (tertiary/aromatic N) is 1. The molecule has 1 aromatic carbocycles. The standard InChI is InChI=1S/C15H16N2O5S/c1-8-13(18)16-10-6-9(2-3-12(10)23-8)14(19)17-4-5-22-11(7-17)15(20)21/h2-3,6,8,11H,4-5,7H2,1H3,(H,16,18)(H,20,21). The highest BCUT2D eigenvalue weighted by atomic mass is 32.2. The third-order valence-electron chi connectivity index (χ3n) is 3.79. The van der Waals surface area contributed by atoms with E-state index < -0.39 is 12.1 Å². The Morgan fingerprint density at radius 3 is 2.96 bits per heavy atom. The second-order valence-electron chi connectivity index (χ2n) is 5.41. The third-order valence-corrected chi connectivity index (χ3v) is 4.96. The molecule has 0 aliphatic carbocycles. The van der Waals surface area contributed by atoms with Crippen LogP contribution < -0.4 is 5.32 Å². The van der Waals surface area contributed by atoms with Crippen LogP contribution in [0, 0.1) is 0 Å². The fraction of sp³-hybridized carbons (Fsp3) is 0.400. The molecule has 0 aromatic heterocycles. The van der Waals surface area contributed by atoms with Crippen LogP contribution in [0.25, 0.3) is 0 Å². The molecule has 8 heteroatoms. The number of nitrogens with one attached hydrogen (secondary N) is 1. The zero-order valence-electron chi connectivity index (χ0n) is 12.4. The van der Waals surface area contributed by atoms with Crippen LogP contribution in [0.5, 0.6) is 0 Å². The molecule has 2 amide bonds. The van der Waals surface area contributed by atoms with Crippen LogP contribution in [0.2, 0.25) is 0 Å². The van der Waals surface area contributed by atoms with Crippen LogP contribution in [0.15, 0.2) is 23.1 Å². The third kappa shape index (κ3) is 3.18. The van der Waals surface area contributed by atoms with Crippen LogP contribution >= 0.6 is 11.8 Å². The smallest absolute Gasteiger partial charge is 0.334 e. The van der Waals surface area contributed by atoms with Gasteiger partial charge in [0.05, 0.1) is 24.1 Å². The van der Waals surface area contributed by atoms with E-state index in [-0.39, 0.29) is 30.2 Å². The van der Waals surface area contributed by atoms with E-state index in [1.54, 1.807) is 18.2 Å². The SMILES string of the molecule is CC1Sc2ccc(C(=O)N3CCOC(C(=O)O)C3)cc2NC1=O. The van der Waals surface area contributed by atoms with Gasteiger partial charge in [0.2, 0.25) is 5.91 Å². The first-order valence-corrected chi connectivity index (χ1v) is 8.09. The van der Waals surface area contributed by atoms with Gasteiger partial charge < -0.3 is 20.1 Å². The number of thioether (sulfide) groups is 1. The molecule has 7 nitrogen and oxygen atoms in total. The van der Waals surface area contributed by atoms with E-state index in [2.05, 4.69) is 5.32 Å². The van der Waals surface area contributed by atoms with E-state index in [9.17, 15) is 14.4 Å². The van der Waals surface area contributed by atoms with Gasteiger partial charge in [0.15, 0.2) is 6.10 Å². The Hall–Kier alpha value is -2.06.